The summed E-state index contributed by atoms with van der Waals surface area (Å²) in [6.45, 7) is 8.13. The van der Waals surface area contributed by atoms with Crippen LogP contribution in [0.1, 0.15) is 65.0 Å². The van der Waals surface area contributed by atoms with Gasteiger partial charge in [0.05, 0.1) is 10.6 Å². The van der Waals surface area contributed by atoms with E-state index in [1.165, 1.54) is 10.7 Å². The third-order valence-electron chi connectivity index (χ3n) is 4.92. The van der Waals surface area contributed by atoms with Crippen molar-refractivity contribution in [2.24, 2.45) is 5.92 Å². The smallest absolute Gasteiger partial charge is 0.252 e. The number of hydrogen-bond donors (Lipinski definition) is 2. The van der Waals surface area contributed by atoms with E-state index in [9.17, 15) is 9.59 Å². The molecule has 0 aliphatic heterocycles. The highest BCUT2D eigenvalue weighted by molar-refractivity contribution is 7.13. The summed E-state index contributed by atoms with van der Waals surface area (Å²) in [5.41, 5.74) is 1.15. The molecular weight excluding hydrogens is 398 g/mol. The average Bonchev–Trinajstić information content (AvgIpc) is 3.37. The SMILES string of the molecule is CCCC(CCC)C(=O)Nc1cc(-c2cccs2)nn1-c1nc(C(C)C)cc(=O)[nH]1. The van der Waals surface area contributed by atoms with Gasteiger partial charge in [0.15, 0.2) is 0 Å². The molecule has 0 aromatic carbocycles. The molecule has 8 heteroatoms. The normalized spacial score (nSPS) is 11.4. The van der Waals surface area contributed by atoms with Crippen molar-refractivity contribution >= 4 is 23.1 Å². The van der Waals surface area contributed by atoms with Crippen LogP contribution in [0.15, 0.2) is 34.4 Å². The highest BCUT2D eigenvalue weighted by Crippen LogP contribution is 2.28. The third-order valence-corrected chi connectivity index (χ3v) is 5.81. The van der Waals surface area contributed by atoms with Gasteiger partial charge in [-0.1, -0.05) is 46.6 Å². The molecule has 0 spiro atoms. The highest BCUT2D eigenvalue weighted by atomic mass is 32.1. The molecule has 0 radical (unpaired) electrons. The van der Waals surface area contributed by atoms with Crippen LogP contribution in [-0.4, -0.2) is 25.7 Å². The zero-order chi connectivity index (χ0) is 21.7. The Morgan fingerprint density at radius 2 is 1.97 bits per heavy atom. The summed E-state index contributed by atoms with van der Waals surface area (Å²) in [5, 5.41) is 9.66. The van der Waals surface area contributed by atoms with Crippen LogP contribution >= 0.6 is 11.3 Å². The van der Waals surface area contributed by atoms with Crippen molar-refractivity contribution < 1.29 is 4.79 Å². The zero-order valence-corrected chi connectivity index (χ0v) is 18.8. The molecule has 3 aromatic heterocycles. The number of carbonyl (C=O) groups is 1. The summed E-state index contributed by atoms with van der Waals surface area (Å²) in [5.74, 6) is 0.814. The molecule has 0 atom stereocenters. The van der Waals surface area contributed by atoms with Crippen LogP contribution in [-0.2, 0) is 4.79 Å². The van der Waals surface area contributed by atoms with E-state index in [-0.39, 0.29) is 23.3 Å². The Bertz CT molecular complexity index is 1030. The third kappa shape index (κ3) is 5.05. The van der Waals surface area contributed by atoms with Gasteiger partial charge in [0.2, 0.25) is 11.9 Å². The number of hydrogen-bond acceptors (Lipinski definition) is 5. The van der Waals surface area contributed by atoms with E-state index >= 15 is 0 Å². The fraction of sp³-hybridized carbons (Fsp3) is 0.455. The molecule has 2 N–H and O–H groups in total. The van der Waals surface area contributed by atoms with Crippen LogP contribution in [0.25, 0.3) is 16.5 Å². The lowest BCUT2D eigenvalue weighted by Crippen LogP contribution is -2.25. The molecule has 0 bridgehead atoms. The monoisotopic (exact) mass is 427 g/mol. The first-order valence-corrected chi connectivity index (χ1v) is 11.4. The lowest BCUT2D eigenvalue weighted by Gasteiger charge is -2.16. The van der Waals surface area contributed by atoms with Gasteiger partial charge in [0, 0.05) is 18.1 Å². The maximum Gasteiger partial charge on any atom is 0.252 e. The van der Waals surface area contributed by atoms with E-state index in [2.05, 4.69) is 34.2 Å². The van der Waals surface area contributed by atoms with E-state index in [1.807, 2.05) is 37.4 Å². The van der Waals surface area contributed by atoms with Crippen molar-refractivity contribution in [1.29, 1.82) is 0 Å². The number of nitrogens with one attached hydrogen (secondary N) is 2. The van der Waals surface area contributed by atoms with Gasteiger partial charge in [-0.25, -0.2) is 4.98 Å². The Hall–Kier alpha value is -2.74. The van der Waals surface area contributed by atoms with Crippen LogP contribution < -0.4 is 10.9 Å². The number of aromatic nitrogens is 4. The Labute approximate surface area is 180 Å². The van der Waals surface area contributed by atoms with Gasteiger partial charge in [-0.3, -0.25) is 14.6 Å². The highest BCUT2D eigenvalue weighted by Gasteiger charge is 2.21. The van der Waals surface area contributed by atoms with Crippen LogP contribution in [0.5, 0.6) is 0 Å². The molecule has 0 aliphatic carbocycles. The van der Waals surface area contributed by atoms with E-state index < -0.39 is 0 Å². The molecule has 160 valence electrons. The first kappa shape index (κ1) is 22.0. The molecule has 7 nitrogen and oxygen atoms in total. The van der Waals surface area contributed by atoms with Crippen molar-refractivity contribution in [2.75, 3.05) is 5.32 Å². The van der Waals surface area contributed by atoms with Gasteiger partial charge < -0.3 is 5.32 Å². The number of nitrogens with zero attached hydrogens (tertiary/aromatic N) is 3. The van der Waals surface area contributed by atoms with Crippen LogP contribution in [0, 0.1) is 5.92 Å². The van der Waals surface area contributed by atoms with Crippen LogP contribution in [0.2, 0.25) is 0 Å². The topological polar surface area (TPSA) is 92.7 Å². The molecule has 30 heavy (non-hydrogen) atoms. The summed E-state index contributed by atoms with van der Waals surface area (Å²) >= 11 is 1.57. The molecule has 0 saturated carbocycles. The maximum atomic E-state index is 13.0. The minimum atomic E-state index is -0.246. The average molecular weight is 428 g/mol. The summed E-state index contributed by atoms with van der Waals surface area (Å²) < 4.78 is 1.52. The fourth-order valence-corrected chi connectivity index (χ4v) is 4.05. The standard InChI is InChI=1S/C22H29N5O2S/c1-5-8-15(9-6-2)21(29)24-19-12-17(18-10-7-11-30-18)26-27(19)22-23-16(14(3)4)13-20(28)25-22/h7,10-15H,5-6,8-9H2,1-4H3,(H,24,29)(H,23,25,28). The molecule has 1 amide bonds. The second-order valence-electron chi connectivity index (χ2n) is 7.72. The number of amides is 1. The summed E-state index contributed by atoms with van der Waals surface area (Å²) in [7, 11) is 0. The minimum absolute atomic E-state index is 0.0278. The first-order valence-electron chi connectivity index (χ1n) is 10.5. The van der Waals surface area contributed by atoms with Gasteiger partial charge in [-0.15, -0.1) is 11.3 Å². The van der Waals surface area contributed by atoms with Crippen molar-refractivity contribution in [3.05, 3.63) is 45.7 Å². The van der Waals surface area contributed by atoms with Gasteiger partial charge in [-0.05, 0) is 30.2 Å². The Balaban J connectivity index is 2.04. The van der Waals surface area contributed by atoms with Crippen molar-refractivity contribution in [1.82, 2.24) is 19.7 Å². The fourth-order valence-electron chi connectivity index (χ4n) is 3.37. The van der Waals surface area contributed by atoms with E-state index in [4.69, 9.17) is 0 Å². The maximum absolute atomic E-state index is 13.0. The zero-order valence-electron chi connectivity index (χ0n) is 17.9. The minimum Gasteiger partial charge on any atom is -0.310 e. The summed E-state index contributed by atoms with van der Waals surface area (Å²) in [6, 6.07) is 7.26. The largest absolute Gasteiger partial charge is 0.310 e. The molecule has 3 rings (SSSR count). The van der Waals surface area contributed by atoms with E-state index in [1.54, 1.807) is 11.3 Å². The van der Waals surface area contributed by atoms with E-state index in [0.29, 0.717) is 17.5 Å². The number of aromatic amines is 1. The summed E-state index contributed by atoms with van der Waals surface area (Å²) in [4.78, 5) is 33.5. The molecular formula is C22H29N5O2S. The second kappa shape index (κ2) is 9.84. The quantitative estimate of drug-likeness (QED) is 0.505. The number of rotatable bonds is 9. The second-order valence-corrected chi connectivity index (χ2v) is 8.66. The molecule has 0 unspecified atom stereocenters. The lowest BCUT2D eigenvalue weighted by molar-refractivity contribution is -0.120. The number of thiophene rings is 1. The Kier molecular flexibility index (Phi) is 7.20. The first-order chi connectivity index (χ1) is 14.4. The predicted molar refractivity (Wildman–Crippen MR) is 121 cm³/mol. The van der Waals surface area contributed by atoms with Crippen LogP contribution in [0.4, 0.5) is 5.82 Å². The molecule has 0 fully saturated rings. The molecule has 3 aromatic rings. The Morgan fingerprint density at radius 3 is 2.57 bits per heavy atom. The number of H-pyrrole nitrogens is 1. The van der Waals surface area contributed by atoms with Crippen molar-refractivity contribution in [2.45, 2.75) is 59.3 Å². The molecule has 0 aliphatic rings. The Morgan fingerprint density at radius 1 is 1.23 bits per heavy atom. The van der Waals surface area contributed by atoms with Gasteiger partial charge >= 0.3 is 0 Å². The van der Waals surface area contributed by atoms with Crippen molar-refractivity contribution in [3.63, 3.8) is 0 Å². The predicted octanol–water partition coefficient (Wildman–Crippen LogP) is 4.96. The number of anilines is 1. The molecule has 3 heterocycles. The summed E-state index contributed by atoms with van der Waals surface area (Å²) in [6.07, 6.45) is 3.57. The van der Waals surface area contributed by atoms with Crippen LogP contribution in [0.3, 0.4) is 0 Å². The lowest BCUT2D eigenvalue weighted by atomic mass is 9.97. The van der Waals surface area contributed by atoms with Gasteiger partial charge in [0.1, 0.15) is 11.5 Å². The number of carbonyl (C=O) groups excluding carboxylic acids is 1. The van der Waals surface area contributed by atoms with Crippen molar-refractivity contribution in [3.8, 4) is 16.5 Å². The van der Waals surface area contributed by atoms with Gasteiger partial charge in [0.25, 0.3) is 5.56 Å². The molecule has 0 saturated heterocycles. The van der Waals surface area contributed by atoms with E-state index in [0.717, 1.165) is 36.3 Å². The van der Waals surface area contributed by atoms with Gasteiger partial charge in [-0.2, -0.15) is 9.78 Å².